The molecule has 1 fully saturated rings. The Morgan fingerprint density at radius 1 is 1.00 bits per heavy atom. The van der Waals surface area contributed by atoms with Gasteiger partial charge in [-0.3, -0.25) is 4.90 Å². The number of nitrogens with one attached hydrogen (secondary N) is 1. The molecule has 122 valence electrons. The topological polar surface area (TPSA) is 24.5 Å². The second kappa shape index (κ2) is 7.06. The molecule has 0 saturated carbocycles. The van der Waals surface area contributed by atoms with Crippen LogP contribution in [0.3, 0.4) is 0 Å². The van der Waals surface area contributed by atoms with Gasteiger partial charge in [-0.15, -0.1) is 0 Å². The summed E-state index contributed by atoms with van der Waals surface area (Å²) in [6.07, 6.45) is 0. The number of ether oxygens (including phenoxy) is 1. The van der Waals surface area contributed by atoms with Crippen LogP contribution in [0.25, 0.3) is 0 Å². The van der Waals surface area contributed by atoms with Gasteiger partial charge in [-0.2, -0.15) is 0 Å². The van der Waals surface area contributed by atoms with Crippen molar-refractivity contribution in [3.05, 3.63) is 65.2 Å². The molecule has 1 N–H and O–H groups in total. The van der Waals surface area contributed by atoms with Gasteiger partial charge in [0, 0.05) is 37.8 Å². The monoisotopic (exact) mass is 318 g/mol. The average molecular weight is 318 g/mol. The zero-order chi connectivity index (χ0) is 16.2. The number of methoxy groups -OCH3 is 1. The Kier molecular flexibility index (Phi) is 4.88. The number of rotatable bonds is 4. The fourth-order valence-electron chi connectivity index (χ4n) is 3.08. The zero-order valence-electron chi connectivity index (χ0n) is 13.1. The lowest BCUT2D eigenvalue weighted by Gasteiger charge is -2.36. The Bertz CT molecular complexity index is 655. The van der Waals surface area contributed by atoms with Crippen molar-refractivity contribution in [1.29, 1.82) is 0 Å². The van der Waals surface area contributed by atoms with E-state index in [0.717, 1.165) is 37.3 Å². The number of nitrogens with zero attached hydrogens (tertiary/aromatic N) is 1. The predicted octanol–water partition coefficient (Wildman–Crippen LogP) is 2.97. The molecule has 1 unspecified atom stereocenters. The second-order valence-corrected chi connectivity index (χ2v) is 5.63. The van der Waals surface area contributed by atoms with Crippen LogP contribution in [0.5, 0.6) is 5.75 Å². The first-order valence-corrected chi connectivity index (χ1v) is 7.72. The molecule has 2 aromatic carbocycles. The molecule has 1 heterocycles. The highest BCUT2D eigenvalue weighted by Crippen LogP contribution is 2.35. The fourth-order valence-corrected chi connectivity index (χ4v) is 3.08. The molecule has 0 aliphatic carbocycles. The van der Waals surface area contributed by atoms with Crippen LogP contribution in [0.2, 0.25) is 0 Å². The highest BCUT2D eigenvalue weighted by Gasteiger charge is 2.26. The van der Waals surface area contributed by atoms with Gasteiger partial charge in [0.25, 0.3) is 0 Å². The van der Waals surface area contributed by atoms with E-state index in [1.165, 1.54) is 31.4 Å². The predicted molar refractivity (Wildman–Crippen MR) is 85.6 cm³/mol. The first-order chi connectivity index (χ1) is 11.2. The molecular weight excluding hydrogens is 298 g/mol. The van der Waals surface area contributed by atoms with E-state index in [1.807, 2.05) is 0 Å². The minimum absolute atomic E-state index is 0.0896. The fraction of sp³-hybridized carbons (Fsp3) is 0.333. The maximum atomic E-state index is 13.5. The SMILES string of the molecule is COc1cc(F)ccc1C(c1ccc(F)cc1)N1CCNCC1. The molecule has 23 heavy (non-hydrogen) atoms. The van der Waals surface area contributed by atoms with Crippen LogP contribution in [0.1, 0.15) is 17.2 Å². The summed E-state index contributed by atoms with van der Waals surface area (Å²) in [4.78, 5) is 2.31. The van der Waals surface area contributed by atoms with Gasteiger partial charge in [0.2, 0.25) is 0 Å². The molecule has 3 rings (SSSR count). The van der Waals surface area contributed by atoms with E-state index in [9.17, 15) is 8.78 Å². The van der Waals surface area contributed by atoms with E-state index in [0.29, 0.717) is 5.75 Å². The van der Waals surface area contributed by atoms with Crippen molar-refractivity contribution in [2.45, 2.75) is 6.04 Å². The Morgan fingerprint density at radius 3 is 2.30 bits per heavy atom. The number of hydrogen-bond donors (Lipinski definition) is 1. The number of halogens is 2. The molecule has 5 heteroatoms. The van der Waals surface area contributed by atoms with E-state index in [4.69, 9.17) is 4.74 Å². The molecule has 0 aromatic heterocycles. The van der Waals surface area contributed by atoms with E-state index in [1.54, 1.807) is 18.2 Å². The number of piperazine rings is 1. The molecule has 0 bridgehead atoms. The summed E-state index contributed by atoms with van der Waals surface area (Å²) in [6, 6.07) is 11.0. The maximum Gasteiger partial charge on any atom is 0.126 e. The van der Waals surface area contributed by atoms with Crippen molar-refractivity contribution in [2.24, 2.45) is 0 Å². The van der Waals surface area contributed by atoms with Crippen LogP contribution in [0.4, 0.5) is 8.78 Å². The van der Waals surface area contributed by atoms with Crippen molar-refractivity contribution in [3.8, 4) is 5.75 Å². The summed E-state index contributed by atoms with van der Waals surface area (Å²) in [5.41, 5.74) is 1.86. The largest absolute Gasteiger partial charge is 0.496 e. The average Bonchev–Trinajstić information content (AvgIpc) is 2.59. The summed E-state index contributed by atoms with van der Waals surface area (Å²) < 4.78 is 32.2. The first kappa shape index (κ1) is 15.9. The second-order valence-electron chi connectivity index (χ2n) is 5.63. The van der Waals surface area contributed by atoms with Crippen molar-refractivity contribution >= 4 is 0 Å². The Labute approximate surface area is 134 Å². The zero-order valence-corrected chi connectivity index (χ0v) is 13.1. The Morgan fingerprint density at radius 2 is 1.65 bits per heavy atom. The number of hydrogen-bond acceptors (Lipinski definition) is 3. The van der Waals surface area contributed by atoms with Crippen molar-refractivity contribution in [3.63, 3.8) is 0 Å². The number of benzene rings is 2. The molecule has 1 aliphatic rings. The summed E-state index contributed by atoms with van der Waals surface area (Å²) in [7, 11) is 1.54. The van der Waals surface area contributed by atoms with Crippen LogP contribution >= 0.6 is 0 Å². The molecule has 0 amide bonds. The normalized spacial score (nSPS) is 17.0. The summed E-state index contributed by atoms with van der Waals surface area (Å²) in [5, 5.41) is 3.33. The van der Waals surface area contributed by atoms with Crippen LogP contribution < -0.4 is 10.1 Å². The van der Waals surface area contributed by atoms with Crippen LogP contribution in [-0.2, 0) is 0 Å². The molecule has 3 nitrogen and oxygen atoms in total. The van der Waals surface area contributed by atoms with Gasteiger partial charge < -0.3 is 10.1 Å². The molecule has 0 spiro atoms. The van der Waals surface area contributed by atoms with E-state index in [-0.39, 0.29) is 17.7 Å². The van der Waals surface area contributed by atoms with Crippen LogP contribution in [0, 0.1) is 11.6 Å². The third-order valence-electron chi connectivity index (χ3n) is 4.19. The van der Waals surface area contributed by atoms with E-state index >= 15 is 0 Å². The van der Waals surface area contributed by atoms with E-state index < -0.39 is 0 Å². The lowest BCUT2D eigenvalue weighted by atomic mass is 9.95. The molecule has 2 aromatic rings. The third-order valence-corrected chi connectivity index (χ3v) is 4.19. The van der Waals surface area contributed by atoms with Gasteiger partial charge in [-0.05, 0) is 23.8 Å². The van der Waals surface area contributed by atoms with Crippen molar-refractivity contribution in [2.75, 3.05) is 33.3 Å². The Hall–Kier alpha value is -1.98. The lowest BCUT2D eigenvalue weighted by molar-refractivity contribution is 0.195. The Balaban J connectivity index is 2.05. The highest BCUT2D eigenvalue weighted by atomic mass is 19.1. The smallest absolute Gasteiger partial charge is 0.126 e. The molecule has 1 atom stereocenters. The molecule has 1 aliphatic heterocycles. The van der Waals surface area contributed by atoms with E-state index in [2.05, 4.69) is 10.2 Å². The molecule has 0 radical (unpaired) electrons. The summed E-state index contributed by atoms with van der Waals surface area (Å²) in [5.74, 6) is -0.0829. The van der Waals surface area contributed by atoms with Crippen molar-refractivity contribution < 1.29 is 13.5 Å². The minimum Gasteiger partial charge on any atom is -0.496 e. The lowest BCUT2D eigenvalue weighted by Crippen LogP contribution is -2.45. The minimum atomic E-state index is -0.330. The quantitative estimate of drug-likeness (QED) is 0.938. The van der Waals surface area contributed by atoms with Gasteiger partial charge >= 0.3 is 0 Å². The summed E-state index contributed by atoms with van der Waals surface area (Å²) in [6.45, 7) is 3.51. The van der Waals surface area contributed by atoms with Gasteiger partial charge in [0.05, 0.1) is 13.2 Å². The van der Waals surface area contributed by atoms with Crippen molar-refractivity contribution in [1.82, 2.24) is 10.2 Å². The molecule has 1 saturated heterocycles. The summed E-state index contributed by atoms with van der Waals surface area (Å²) >= 11 is 0. The first-order valence-electron chi connectivity index (χ1n) is 7.72. The maximum absolute atomic E-state index is 13.5. The van der Waals surface area contributed by atoms with Gasteiger partial charge in [-0.1, -0.05) is 18.2 Å². The van der Waals surface area contributed by atoms with Gasteiger partial charge in [0.1, 0.15) is 17.4 Å². The van der Waals surface area contributed by atoms with Crippen LogP contribution in [0.15, 0.2) is 42.5 Å². The molecular formula is C18H20F2N2O. The third kappa shape index (κ3) is 3.51. The van der Waals surface area contributed by atoms with Crippen LogP contribution in [-0.4, -0.2) is 38.2 Å². The van der Waals surface area contributed by atoms with Gasteiger partial charge in [0.15, 0.2) is 0 Å². The van der Waals surface area contributed by atoms with Gasteiger partial charge in [-0.25, -0.2) is 8.78 Å². The standard InChI is InChI=1S/C18H20F2N2O/c1-23-17-12-15(20)6-7-16(17)18(22-10-8-21-9-11-22)13-2-4-14(19)5-3-13/h2-7,12,18,21H,8-11H2,1H3. The highest BCUT2D eigenvalue weighted by molar-refractivity contribution is 5.42.